The van der Waals surface area contributed by atoms with Crippen LogP contribution in [0.4, 0.5) is 5.82 Å². The molecule has 1 aromatic carbocycles. The third-order valence-electron chi connectivity index (χ3n) is 9.67. The maximum Gasteiger partial charge on any atom is 0.318 e. The Kier molecular flexibility index (Phi) is 7.62. The molecule has 3 aliphatic heterocycles. The van der Waals surface area contributed by atoms with Crippen LogP contribution in [0.3, 0.4) is 0 Å². The van der Waals surface area contributed by atoms with Crippen LogP contribution in [0.15, 0.2) is 36.9 Å². The van der Waals surface area contributed by atoms with Gasteiger partial charge in [-0.3, -0.25) is 9.59 Å². The molecule has 4 aliphatic rings. The number of ether oxygens (including phenoxy) is 1. The van der Waals surface area contributed by atoms with E-state index in [2.05, 4.69) is 35.6 Å². The first-order valence-electron chi connectivity index (χ1n) is 15.0. The van der Waals surface area contributed by atoms with Crippen LogP contribution in [0, 0.1) is 11.3 Å². The molecule has 2 aromatic rings. The summed E-state index contributed by atoms with van der Waals surface area (Å²) in [6, 6.07) is 10.7. The van der Waals surface area contributed by atoms with Gasteiger partial charge < -0.3 is 24.3 Å². The highest BCUT2D eigenvalue weighted by atomic mass is 16.5. The predicted octanol–water partition coefficient (Wildman–Crippen LogP) is 2.58. The van der Waals surface area contributed by atoms with E-state index in [0.29, 0.717) is 51.3 Å². The number of fused-ring (bicyclic) bond motifs is 3. The molecule has 220 valence electrons. The molecule has 4 heterocycles. The Hall–Kier alpha value is -3.97. The van der Waals surface area contributed by atoms with Crippen molar-refractivity contribution >= 4 is 17.6 Å². The van der Waals surface area contributed by atoms with E-state index in [1.165, 1.54) is 6.08 Å². The standard InChI is InChI=1S/C32H39N7O3/c1-4-28(40)39-17-16-38(19-22(39)12-14-33)29-25-11-13-32(21-37(3)30(41)24-9-5-6-10-26(24)32)18-27(25)34-31(35-29)42-20-23-8-7-15-36(23)2/h4-6,9-10,22-23H,1,7-8,11-13,15-21H2,2-3H3/t22-,23-,32?/m0/s1. The van der Waals surface area contributed by atoms with Crippen molar-refractivity contribution in [2.24, 2.45) is 0 Å². The minimum Gasteiger partial charge on any atom is -0.462 e. The van der Waals surface area contributed by atoms with Gasteiger partial charge in [-0.1, -0.05) is 24.8 Å². The van der Waals surface area contributed by atoms with Crippen molar-refractivity contribution in [2.45, 2.75) is 56.0 Å². The van der Waals surface area contributed by atoms with Gasteiger partial charge in [-0.25, -0.2) is 0 Å². The largest absolute Gasteiger partial charge is 0.462 e. The van der Waals surface area contributed by atoms with Gasteiger partial charge in [-0.15, -0.1) is 0 Å². The molecule has 0 N–H and O–H groups in total. The van der Waals surface area contributed by atoms with Gasteiger partial charge in [0.2, 0.25) is 5.91 Å². The lowest BCUT2D eigenvalue weighted by Crippen LogP contribution is -2.55. The Bertz CT molecular complexity index is 1440. The number of carbonyl (C=O) groups excluding carboxylic acids is 2. The second-order valence-electron chi connectivity index (χ2n) is 12.2. The number of amides is 2. The zero-order valence-corrected chi connectivity index (χ0v) is 24.6. The smallest absolute Gasteiger partial charge is 0.318 e. The topological polar surface area (TPSA) is 106 Å². The third-order valence-corrected chi connectivity index (χ3v) is 9.67. The fourth-order valence-electron chi connectivity index (χ4n) is 7.41. The highest BCUT2D eigenvalue weighted by Crippen LogP contribution is 2.45. The van der Waals surface area contributed by atoms with Gasteiger partial charge in [0.1, 0.15) is 12.4 Å². The lowest BCUT2D eigenvalue weighted by molar-refractivity contribution is -0.128. The first-order chi connectivity index (χ1) is 20.3. The summed E-state index contributed by atoms with van der Waals surface area (Å²) in [6.07, 6.45) is 6.12. The quantitative estimate of drug-likeness (QED) is 0.489. The average molecular weight is 570 g/mol. The van der Waals surface area contributed by atoms with Gasteiger partial charge in [0, 0.05) is 62.2 Å². The van der Waals surface area contributed by atoms with Crippen molar-refractivity contribution in [3.05, 3.63) is 59.3 Å². The van der Waals surface area contributed by atoms with Gasteiger partial charge in [-0.05, 0) is 57.0 Å². The molecule has 10 nitrogen and oxygen atoms in total. The number of nitriles is 1. The molecule has 1 aliphatic carbocycles. The number of carbonyl (C=O) groups is 2. The first kappa shape index (κ1) is 28.2. The van der Waals surface area contributed by atoms with Crippen molar-refractivity contribution in [2.75, 3.05) is 58.3 Å². The molecule has 3 atom stereocenters. The Morgan fingerprint density at radius 1 is 1.21 bits per heavy atom. The van der Waals surface area contributed by atoms with E-state index in [9.17, 15) is 14.9 Å². The molecular weight excluding hydrogens is 530 g/mol. The van der Waals surface area contributed by atoms with Crippen LogP contribution in [0.25, 0.3) is 0 Å². The Labute approximate surface area is 247 Å². The number of aromatic nitrogens is 2. The third kappa shape index (κ3) is 5.00. The second kappa shape index (κ2) is 11.4. The minimum absolute atomic E-state index is 0.0607. The van der Waals surface area contributed by atoms with E-state index in [0.717, 1.165) is 60.4 Å². The summed E-state index contributed by atoms with van der Waals surface area (Å²) in [6.45, 7) is 7.47. The van der Waals surface area contributed by atoms with Crippen LogP contribution in [-0.2, 0) is 23.1 Å². The van der Waals surface area contributed by atoms with Crippen molar-refractivity contribution in [3.8, 4) is 12.1 Å². The van der Waals surface area contributed by atoms with Crippen LogP contribution in [0.2, 0.25) is 0 Å². The molecule has 1 aromatic heterocycles. The number of piperazine rings is 1. The number of anilines is 1. The van der Waals surface area contributed by atoms with Crippen molar-refractivity contribution < 1.29 is 14.3 Å². The summed E-state index contributed by atoms with van der Waals surface area (Å²) in [5.41, 5.74) is 3.69. The minimum atomic E-state index is -0.254. The average Bonchev–Trinajstić information content (AvgIpc) is 3.42. The van der Waals surface area contributed by atoms with Crippen LogP contribution in [0.1, 0.15) is 52.9 Å². The molecule has 2 amide bonds. The Morgan fingerprint density at radius 3 is 2.81 bits per heavy atom. The summed E-state index contributed by atoms with van der Waals surface area (Å²) in [7, 11) is 4.01. The molecule has 0 radical (unpaired) electrons. The summed E-state index contributed by atoms with van der Waals surface area (Å²) >= 11 is 0. The van der Waals surface area contributed by atoms with Gasteiger partial charge in [0.05, 0.1) is 24.2 Å². The molecule has 0 saturated carbocycles. The van der Waals surface area contributed by atoms with E-state index in [1.54, 1.807) is 4.90 Å². The monoisotopic (exact) mass is 569 g/mol. The lowest BCUT2D eigenvalue weighted by atomic mass is 9.65. The first-order valence-corrected chi connectivity index (χ1v) is 15.0. The molecule has 1 spiro atoms. The number of hydrogen-bond donors (Lipinski definition) is 0. The van der Waals surface area contributed by atoms with E-state index in [1.807, 2.05) is 30.1 Å². The predicted molar refractivity (Wildman–Crippen MR) is 158 cm³/mol. The summed E-state index contributed by atoms with van der Waals surface area (Å²) in [5, 5.41) is 9.53. The van der Waals surface area contributed by atoms with E-state index in [-0.39, 0.29) is 29.7 Å². The maximum absolute atomic E-state index is 13.0. The molecule has 2 fully saturated rings. The van der Waals surface area contributed by atoms with Gasteiger partial charge >= 0.3 is 6.01 Å². The molecule has 0 bridgehead atoms. The number of rotatable bonds is 6. The number of hydrogen-bond acceptors (Lipinski definition) is 8. The zero-order valence-electron chi connectivity index (χ0n) is 24.6. The summed E-state index contributed by atoms with van der Waals surface area (Å²) < 4.78 is 6.31. The van der Waals surface area contributed by atoms with Crippen LogP contribution in [0.5, 0.6) is 6.01 Å². The van der Waals surface area contributed by atoms with E-state index in [4.69, 9.17) is 14.7 Å². The van der Waals surface area contributed by atoms with Gasteiger partial charge in [0.15, 0.2) is 0 Å². The normalized spacial score (nSPS) is 25.6. The van der Waals surface area contributed by atoms with Crippen molar-refractivity contribution in [1.82, 2.24) is 24.7 Å². The molecule has 2 saturated heterocycles. The number of benzene rings is 1. The molecule has 1 unspecified atom stereocenters. The second-order valence-corrected chi connectivity index (χ2v) is 12.2. The SMILES string of the molecule is C=CC(=O)N1CCN(c2nc(OC[C@@H]3CCCN3C)nc3c2CCC2(C3)CN(C)C(=O)c3ccccc32)C[C@@H]1CC#N. The zero-order chi connectivity index (χ0) is 29.4. The fourth-order valence-corrected chi connectivity index (χ4v) is 7.41. The highest BCUT2D eigenvalue weighted by molar-refractivity contribution is 5.97. The van der Waals surface area contributed by atoms with Crippen LogP contribution in [-0.4, -0.2) is 102 Å². The lowest BCUT2D eigenvalue weighted by Gasteiger charge is -2.46. The van der Waals surface area contributed by atoms with Gasteiger partial charge in [-0.2, -0.15) is 15.2 Å². The molecule has 10 heteroatoms. The van der Waals surface area contributed by atoms with E-state index < -0.39 is 0 Å². The van der Waals surface area contributed by atoms with Crippen LogP contribution < -0.4 is 9.64 Å². The molecular formula is C32H39N7O3. The number of likely N-dealkylation sites (N-methyl/N-ethyl adjacent to an activating group) is 2. The number of nitrogens with zero attached hydrogens (tertiary/aromatic N) is 7. The summed E-state index contributed by atoms with van der Waals surface area (Å²) in [4.78, 5) is 43.7. The van der Waals surface area contributed by atoms with Crippen molar-refractivity contribution in [1.29, 1.82) is 5.26 Å². The molecule has 42 heavy (non-hydrogen) atoms. The highest BCUT2D eigenvalue weighted by Gasteiger charge is 2.45. The fraction of sp³-hybridized carbons (Fsp3) is 0.531. The maximum atomic E-state index is 13.0. The Balaban J connectivity index is 1.37. The number of likely N-dealkylation sites (tertiary alicyclic amines) is 1. The van der Waals surface area contributed by atoms with Crippen LogP contribution >= 0.6 is 0 Å². The van der Waals surface area contributed by atoms with Gasteiger partial charge in [0.25, 0.3) is 5.91 Å². The summed E-state index contributed by atoms with van der Waals surface area (Å²) in [5.74, 6) is 0.748. The van der Waals surface area contributed by atoms with Crippen molar-refractivity contribution in [3.63, 3.8) is 0 Å². The Morgan fingerprint density at radius 2 is 2.05 bits per heavy atom. The molecule has 6 rings (SSSR count). The van der Waals surface area contributed by atoms with E-state index >= 15 is 0 Å².